The highest BCUT2D eigenvalue weighted by molar-refractivity contribution is 6.19. The first-order chi connectivity index (χ1) is 55.6. The molecule has 8 aromatic heterocycles. The van der Waals surface area contributed by atoms with E-state index in [0.717, 1.165) is 129 Å². The summed E-state index contributed by atoms with van der Waals surface area (Å²) >= 11 is 0. The Bertz CT molecular complexity index is 6790. The lowest BCUT2D eigenvalue weighted by molar-refractivity contribution is 1.13. The van der Waals surface area contributed by atoms with Gasteiger partial charge >= 0.3 is 0 Å². The van der Waals surface area contributed by atoms with E-state index >= 15 is 0 Å². The molecule has 0 aliphatic heterocycles. The number of nitrogens with zero attached hydrogens (tertiary/aromatic N) is 8. The van der Waals surface area contributed by atoms with Crippen LogP contribution >= 0.6 is 0 Å². The molecule has 8 heteroatoms. The Hall–Kier alpha value is -15.1. The van der Waals surface area contributed by atoms with Gasteiger partial charge in [-0.3, -0.25) is 9.13 Å². The lowest BCUT2D eigenvalue weighted by Crippen LogP contribution is -1.97. The average Bonchev–Trinajstić information content (AvgIpc) is 1.59. The Kier molecular flexibility index (Phi) is 16.1. The first kappa shape index (κ1) is 65.2. The molecular weight excluding hydrogens is 1360 g/mol. The van der Waals surface area contributed by atoms with Gasteiger partial charge in [0.1, 0.15) is 11.3 Å². The number of rotatable bonds is 12. The van der Waals surface area contributed by atoms with E-state index in [9.17, 15) is 0 Å². The van der Waals surface area contributed by atoms with Gasteiger partial charge < -0.3 is 9.13 Å². The third-order valence-electron chi connectivity index (χ3n) is 21.9. The molecule has 0 saturated heterocycles. The molecule has 8 nitrogen and oxygen atoms in total. The molecule has 22 rings (SSSR count). The molecule has 0 bridgehead atoms. The third-order valence-corrected chi connectivity index (χ3v) is 21.9. The summed E-state index contributed by atoms with van der Waals surface area (Å²) in [6, 6.07) is 142. The maximum Gasteiger partial charge on any atom is 0.145 e. The zero-order chi connectivity index (χ0) is 74.0. The zero-order valence-electron chi connectivity index (χ0n) is 60.8. The van der Waals surface area contributed by atoms with Gasteiger partial charge in [0.2, 0.25) is 0 Å². The van der Waals surface area contributed by atoms with Crippen LogP contribution in [-0.2, 0) is 0 Å². The molecule has 0 unspecified atom stereocenters. The first-order valence-corrected chi connectivity index (χ1v) is 38.0. The van der Waals surface area contributed by atoms with Gasteiger partial charge in [0.15, 0.2) is 0 Å². The minimum absolute atomic E-state index is 0.922. The maximum atomic E-state index is 5.23. The molecule has 0 spiro atoms. The minimum atomic E-state index is 0.922. The van der Waals surface area contributed by atoms with Crippen molar-refractivity contribution in [2.75, 3.05) is 0 Å². The molecule has 0 aliphatic carbocycles. The largest absolute Gasteiger partial charge is 0.309 e. The summed E-state index contributed by atoms with van der Waals surface area (Å²) in [6.07, 6.45) is 3.78. The van der Waals surface area contributed by atoms with Crippen LogP contribution in [0.3, 0.4) is 0 Å². The molecule has 0 aliphatic rings. The first-order valence-electron chi connectivity index (χ1n) is 38.0. The summed E-state index contributed by atoms with van der Waals surface area (Å²) in [5.74, 6) is 0. The van der Waals surface area contributed by atoms with E-state index in [1.54, 1.807) is 0 Å². The van der Waals surface area contributed by atoms with Crippen molar-refractivity contribution in [3.63, 3.8) is 0 Å². The van der Waals surface area contributed by atoms with Gasteiger partial charge in [0.05, 0.1) is 55.9 Å². The van der Waals surface area contributed by atoms with Crippen LogP contribution in [0, 0.1) is 0 Å². The van der Waals surface area contributed by atoms with E-state index in [0.29, 0.717) is 0 Å². The SMILES string of the molecule is c1ccc(-c2cc(-c3cccc(-n4c5ccc(-c6cccc7c6c6ccccc6n7-c6ccccc6)cc5c5cccnc54)c3)cc(-c3ccccc3)n2)cc1.c1ccc(-c2cc(-c3ccccc3)nc(-c3cccc(-n4c5ccc(-c6cccc7c6c6ccccc6n7-c6ccccc6)cc5c5cccnc54)c3)c2)cc1. The van der Waals surface area contributed by atoms with Crippen molar-refractivity contribution < 1.29 is 0 Å². The van der Waals surface area contributed by atoms with E-state index < -0.39 is 0 Å². The number of para-hydroxylation sites is 4. The molecule has 8 heterocycles. The summed E-state index contributed by atoms with van der Waals surface area (Å²) in [5.41, 5.74) is 30.6. The van der Waals surface area contributed by atoms with Gasteiger partial charge in [0, 0.05) is 100 Å². The number of fused-ring (bicyclic) bond motifs is 12. The second kappa shape index (κ2) is 27.6. The lowest BCUT2D eigenvalue weighted by Gasteiger charge is -2.13. The monoisotopic (exact) mass is 1430 g/mol. The highest BCUT2D eigenvalue weighted by Gasteiger charge is 2.23. The Morgan fingerprint density at radius 3 is 0.938 bits per heavy atom. The summed E-state index contributed by atoms with van der Waals surface area (Å²) in [7, 11) is 0. The van der Waals surface area contributed by atoms with Gasteiger partial charge in [-0.25, -0.2) is 19.9 Å². The van der Waals surface area contributed by atoms with E-state index in [2.05, 4.69) is 388 Å². The Labute approximate surface area is 646 Å². The van der Waals surface area contributed by atoms with Gasteiger partial charge in [-0.05, 0) is 190 Å². The molecule has 0 atom stereocenters. The molecule has 0 fully saturated rings. The zero-order valence-corrected chi connectivity index (χ0v) is 60.8. The van der Waals surface area contributed by atoms with Gasteiger partial charge in [-0.2, -0.15) is 0 Å². The van der Waals surface area contributed by atoms with E-state index in [1.807, 2.05) is 42.7 Å². The minimum Gasteiger partial charge on any atom is -0.309 e. The third kappa shape index (κ3) is 11.4. The fourth-order valence-corrected chi connectivity index (χ4v) is 16.9. The summed E-state index contributed by atoms with van der Waals surface area (Å²) in [6.45, 7) is 0. The fraction of sp³-hybridized carbons (Fsp3) is 0. The van der Waals surface area contributed by atoms with E-state index in [-0.39, 0.29) is 0 Å². The topological polar surface area (TPSA) is 71.3 Å². The van der Waals surface area contributed by atoms with Crippen LogP contribution in [0.25, 0.3) is 200 Å². The molecule has 22 aromatic rings. The van der Waals surface area contributed by atoms with Crippen molar-refractivity contribution in [2.24, 2.45) is 0 Å². The highest BCUT2D eigenvalue weighted by Crippen LogP contribution is 2.45. The number of hydrogen-bond acceptors (Lipinski definition) is 4. The van der Waals surface area contributed by atoms with Crippen LogP contribution in [0.2, 0.25) is 0 Å². The lowest BCUT2D eigenvalue weighted by atomic mass is 9.98. The standard InChI is InChI=1S/2C52H34N4/c1-4-15-35(16-5-1)39-33-46(36-17-6-2-7-18-36)54-47(34-39)38-19-12-22-41(31-38)56-49-29-28-37(32-45(49)43-25-14-30-53-52(43)56)42-24-13-27-50-51(42)44-23-10-11-26-48(44)55(50)40-20-8-3-9-21-40;1-4-15-35(16-5-1)46-33-39(34-47(54-46)36-17-6-2-7-18-36)37-19-12-22-41(31-37)56-49-29-28-38(32-45(49)43-25-14-30-53-52(43)56)42-24-13-27-50-51(42)44-23-10-11-26-48(44)55(50)40-20-8-3-9-21-40/h2*1-34H. The molecule has 524 valence electrons. The van der Waals surface area contributed by atoms with Gasteiger partial charge in [-0.15, -0.1) is 0 Å². The Balaban J connectivity index is 0.000000141. The maximum absolute atomic E-state index is 5.23. The molecule has 14 aromatic carbocycles. The summed E-state index contributed by atoms with van der Waals surface area (Å²) in [4.78, 5) is 20.3. The van der Waals surface area contributed by atoms with Crippen molar-refractivity contribution in [3.8, 4) is 112 Å². The molecule has 0 amide bonds. The smallest absolute Gasteiger partial charge is 0.145 e. The van der Waals surface area contributed by atoms with Gasteiger partial charge in [0.25, 0.3) is 0 Å². The normalized spacial score (nSPS) is 11.6. The van der Waals surface area contributed by atoms with Crippen LogP contribution in [0.4, 0.5) is 0 Å². The van der Waals surface area contributed by atoms with Crippen LogP contribution in [0.1, 0.15) is 0 Å². The number of aromatic nitrogens is 8. The molecular formula is C104H68N8. The van der Waals surface area contributed by atoms with E-state index in [1.165, 1.54) is 71.3 Å². The Morgan fingerprint density at radius 2 is 0.491 bits per heavy atom. The second-order valence-electron chi connectivity index (χ2n) is 28.5. The molecule has 112 heavy (non-hydrogen) atoms. The quantitative estimate of drug-likeness (QED) is 0.122. The predicted octanol–water partition coefficient (Wildman–Crippen LogP) is 26.7. The average molecular weight is 1430 g/mol. The van der Waals surface area contributed by atoms with Crippen molar-refractivity contribution in [3.05, 3.63) is 413 Å². The summed E-state index contributed by atoms with van der Waals surface area (Å²) < 4.78 is 9.35. The molecule has 0 radical (unpaired) electrons. The van der Waals surface area contributed by atoms with Crippen LogP contribution < -0.4 is 0 Å². The highest BCUT2D eigenvalue weighted by atomic mass is 15.1. The van der Waals surface area contributed by atoms with Crippen LogP contribution in [-0.4, -0.2) is 38.2 Å². The fourth-order valence-electron chi connectivity index (χ4n) is 16.9. The predicted molar refractivity (Wildman–Crippen MR) is 465 cm³/mol. The number of benzene rings is 14. The van der Waals surface area contributed by atoms with Crippen LogP contribution in [0.15, 0.2) is 413 Å². The van der Waals surface area contributed by atoms with Crippen molar-refractivity contribution in [2.45, 2.75) is 0 Å². The summed E-state index contributed by atoms with van der Waals surface area (Å²) in [5, 5.41) is 9.55. The van der Waals surface area contributed by atoms with Crippen molar-refractivity contribution in [1.29, 1.82) is 0 Å². The van der Waals surface area contributed by atoms with Crippen LogP contribution in [0.5, 0.6) is 0 Å². The van der Waals surface area contributed by atoms with Crippen molar-refractivity contribution in [1.82, 2.24) is 38.2 Å². The van der Waals surface area contributed by atoms with E-state index in [4.69, 9.17) is 19.9 Å². The van der Waals surface area contributed by atoms with Gasteiger partial charge in [-0.1, -0.05) is 255 Å². The second-order valence-corrected chi connectivity index (χ2v) is 28.5. The van der Waals surface area contributed by atoms with Crippen molar-refractivity contribution >= 4 is 87.5 Å². The Morgan fingerprint density at radius 1 is 0.170 bits per heavy atom. The number of pyridine rings is 4. The molecule has 0 N–H and O–H groups in total. The molecule has 0 saturated carbocycles. The number of hydrogen-bond donors (Lipinski definition) is 0.